The molecule has 0 unspecified atom stereocenters. The van der Waals surface area contributed by atoms with Gasteiger partial charge in [-0.15, -0.1) is 0 Å². The Balaban J connectivity index is 2.40. The van der Waals surface area contributed by atoms with Gasteiger partial charge in [0, 0.05) is 6.42 Å². The molecule has 0 bridgehead atoms. The number of carbonyl (C=O) groups excluding carboxylic acids is 1. The second-order valence-electron chi connectivity index (χ2n) is 2.98. The maximum absolute atomic E-state index is 11.4. The van der Waals surface area contributed by atoms with Crippen LogP contribution in [0.2, 0.25) is 0 Å². The Morgan fingerprint density at radius 2 is 2.23 bits per heavy atom. The lowest BCUT2D eigenvalue weighted by Crippen LogP contribution is -1.96. The molecular weight excluding hydrogens is 232 g/mol. The highest BCUT2D eigenvalue weighted by atomic mass is 79.9. The summed E-state index contributed by atoms with van der Waals surface area (Å²) in [4.78, 5) is 11.4. The maximum Gasteiger partial charge on any atom is 0.198 e. The van der Waals surface area contributed by atoms with Crippen LogP contribution >= 0.6 is 15.9 Å². The van der Waals surface area contributed by atoms with Gasteiger partial charge in [-0.1, -0.05) is 19.8 Å². The third-order valence-electron chi connectivity index (χ3n) is 1.86. The summed E-state index contributed by atoms with van der Waals surface area (Å²) in [6.07, 6.45) is 3.78. The monoisotopic (exact) mass is 244 g/mol. The highest BCUT2D eigenvalue weighted by Crippen LogP contribution is 2.16. The van der Waals surface area contributed by atoms with Gasteiger partial charge in [-0.3, -0.25) is 4.79 Å². The van der Waals surface area contributed by atoms with E-state index in [1.807, 2.05) is 0 Å². The van der Waals surface area contributed by atoms with E-state index in [9.17, 15) is 4.79 Å². The van der Waals surface area contributed by atoms with Crippen LogP contribution in [0.15, 0.2) is 21.2 Å². The van der Waals surface area contributed by atoms with Gasteiger partial charge in [-0.05, 0) is 34.5 Å². The molecule has 1 heterocycles. The number of furan rings is 1. The summed E-state index contributed by atoms with van der Waals surface area (Å²) < 4.78 is 5.76. The first-order valence-electron chi connectivity index (χ1n) is 4.52. The maximum atomic E-state index is 11.4. The summed E-state index contributed by atoms with van der Waals surface area (Å²) >= 11 is 3.16. The van der Waals surface area contributed by atoms with Gasteiger partial charge in [-0.2, -0.15) is 0 Å². The average Bonchev–Trinajstić information content (AvgIpc) is 2.52. The Kier molecular flexibility index (Phi) is 4.22. The largest absolute Gasteiger partial charge is 0.446 e. The fourth-order valence-corrected chi connectivity index (χ4v) is 1.43. The minimum atomic E-state index is 0.0964. The van der Waals surface area contributed by atoms with Crippen molar-refractivity contribution < 1.29 is 9.21 Å². The zero-order valence-corrected chi connectivity index (χ0v) is 9.26. The van der Waals surface area contributed by atoms with Crippen molar-refractivity contribution in [3.63, 3.8) is 0 Å². The summed E-state index contributed by atoms with van der Waals surface area (Å²) in [6, 6.07) is 3.45. The molecule has 0 radical (unpaired) electrons. The van der Waals surface area contributed by atoms with Gasteiger partial charge in [0.25, 0.3) is 0 Å². The fourth-order valence-electron chi connectivity index (χ4n) is 1.12. The molecule has 0 fully saturated rings. The van der Waals surface area contributed by atoms with E-state index in [2.05, 4.69) is 22.9 Å². The zero-order chi connectivity index (χ0) is 9.68. The zero-order valence-electron chi connectivity index (χ0n) is 7.68. The van der Waals surface area contributed by atoms with Gasteiger partial charge in [0.1, 0.15) is 0 Å². The topological polar surface area (TPSA) is 30.2 Å². The van der Waals surface area contributed by atoms with Crippen LogP contribution in [-0.2, 0) is 0 Å². The number of unbranched alkanes of at least 4 members (excludes halogenated alkanes) is 2. The number of rotatable bonds is 5. The molecular formula is C10H13BrO2. The first-order chi connectivity index (χ1) is 6.24. The molecule has 0 atom stereocenters. The molecule has 13 heavy (non-hydrogen) atoms. The summed E-state index contributed by atoms with van der Waals surface area (Å²) in [7, 11) is 0. The highest BCUT2D eigenvalue weighted by molar-refractivity contribution is 9.10. The van der Waals surface area contributed by atoms with Crippen LogP contribution in [0.1, 0.15) is 43.2 Å². The van der Waals surface area contributed by atoms with E-state index in [1.54, 1.807) is 12.1 Å². The van der Waals surface area contributed by atoms with Crippen LogP contribution in [0, 0.1) is 0 Å². The van der Waals surface area contributed by atoms with Gasteiger partial charge in [-0.25, -0.2) is 0 Å². The van der Waals surface area contributed by atoms with E-state index in [0.717, 1.165) is 19.3 Å². The Labute approximate surface area is 86.4 Å². The molecule has 0 aliphatic carbocycles. The Bertz CT molecular complexity index is 278. The van der Waals surface area contributed by atoms with Crippen molar-refractivity contribution in [3.8, 4) is 0 Å². The minimum Gasteiger partial charge on any atom is -0.446 e. The molecule has 0 spiro atoms. The van der Waals surface area contributed by atoms with Gasteiger partial charge >= 0.3 is 0 Å². The molecule has 1 aromatic heterocycles. The number of halogens is 1. The van der Waals surface area contributed by atoms with Gasteiger partial charge in [0.2, 0.25) is 0 Å². The normalized spacial score (nSPS) is 10.3. The predicted octanol–water partition coefficient (Wildman–Crippen LogP) is 3.81. The van der Waals surface area contributed by atoms with Crippen LogP contribution in [-0.4, -0.2) is 5.78 Å². The van der Waals surface area contributed by atoms with E-state index in [-0.39, 0.29) is 5.78 Å². The van der Waals surface area contributed by atoms with E-state index in [4.69, 9.17) is 4.42 Å². The molecule has 0 aliphatic rings. The molecule has 0 saturated heterocycles. The van der Waals surface area contributed by atoms with Crippen LogP contribution in [0.25, 0.3) is 0 Å². The number of carbonyl (C=O) groups is 1. The number of Topliss-reactive ketones (excluding diaryl/α,β-unsaturated/α-hetero) is 1. The Morgan fingerprint density at radius 3 is 2.77 bits per heavy atom. The van der Waals surface area contributed by atoms with Crippen molar-refractivity contribution >= 4 is 21.7 Å². The second kappa shape index (κ2) is 5.22. The molecule has 0 N–H and O–H groups in total. The molecule has 72 valence electrons. The Morgan fingerprint density at radius 1 is 1.46 bits per heavy atom. The van der Waals surface area contributed by atoms with Crippen LogP contribution in [0.3, 0.4) is 0 Å². The van der Waals surface area contributed by atoms with E-state index >= 15 is 0 Å². The fraction of sp³-hybridized carbons (Fsp3) is 0.500. The van der Waals surface area contributed by atoms with Gasteiger partial charge in [0.05, 0.1) is 0 Å². The molecule has 0 aliphatic heterocycles. The SMILES string of the molecule is CCCCCC(=O)c1ccc(Br)o1. The quantitative estimate of drug-likeness (QED) is 0.583. The molecule has 3 heteroatoms. The molecule has 0 aromatic carbocycles. The summed E-state index contributed by atoms with van der Waals surface area (Å²) in [6.45, 7) is 2.12. The summed E-state index contributed by atoms with van der Waals surface area (Å²) in [5.41, 5.74) is 0. The van der Waals surface area contributed by atoms with E-state index in [1.165, 1.54) is 0 Å². The minimum absolute atomic E-state index is 0.0964. The molecule has 1 aromatic rings. The van der Waals surface area contributed by atoms with Crippen molar-refractivity contribution in [3.05, 3.63) is 22.6 Å². The molecule has 2 nitrogen and oxygen atoms in total. The second-order valence-corrected chi connectivity index (χ2v) is 3.77. The molecule has 1 rings (SSSR count). The van der Waals surface area contributed by atoms with Crippen molar-refractivity contribution in [2.24, 2.45) is 0 Å². The standard InChI is InChI=1S/C10H13BrO2/c1-2-3-4-5-8(12)9-6-7-10(11)13-9/h6-7H,2-5H2,1H3. The van der Waals surface area contributed by atoms with Crippen molar-refractivity contribution in [1.29, 1.82) is 0 Å². The molecule has 0 amide bonds. The third-order valence-corrected chi connectivity index (χ3v) is 2.28. The van der Waals surface area contributed by atoms with Crippen molar-refractivity contribution in [2.75, 3.05) is 0 Å². The lowest BCUT2D eigenvalue weighted by molar-refractivity contribution is 0.0951. The molecule has 0 saturated carbocycles. The van der Waals surface area contributed by atoms with E-state index in [0.29, 0.717) is 16.9 Å². The number of hydrogen-bond acceptors (Lipinski definition) is 2. The highest BCUT2D eigenvalue weighted by Gasteiger charge is 2.09. The predicted molar refractivity (Wildman–Crippen MR) is 54.9 cm³/mol. The third kappa shape index (κ3) is 3.35. The number of ketones is 1. The lowest BCUT2D eigenvalue weighted by atomic mass is 10.1. The van der Waals surface area contributed by atoms with Crippen LogP contribution < -0.4 is 0 Å². The lowest BCUT2D eigenvalue weighted by Gasteiger charge is -1.95. The van der Waals surface area contributed by atoms with E-state index < -0.39 is 0 Å². The number of hydrogen-bond donors (Lipinski definition) is 0. The van der Waals surface area contributed by atoms with Crippen LogP contribution in [0.4, 0.5) is 0 Å². The first kappa shape index (κ1) is 10.5. The summed E-state index contributed by atoms with van der Waals surface area (Å²) in [5, 5.41) is 0. The van der Waals surface area contributed by atoms with Gasteiger partial charge in [0.15, 0.2) is 16.2 Å². The van der Waals surface area contributed by atoms with Crippen molar-refractivity contribution in [2.45, 2.75) is 32.6 Å². The van der Waals surface area contributed by atoms with Gasteiger partial charge < -0.3 is 4.42 Å². The van der Waals surface area contributed by atoms with Crippen molar-refractivity contribution in [1.82, 2.24) is 0 Å². The smallest absolute Gasteiger partial charge is 0.198 e. The Hall–Kier alpha value is -0.570. The average molecular weight is 245 g/mol. The van der Waals surface area contributed by atoms with Crippen LogP contribution in [0.5, 0.6) is 0 Å². The summed E-state index contributed by atoms with van der Waals surface area (Å²) in [5.74, 6) is 0.558. The first-order valence-corrected chi connectivity index (χ1v) is 5.32.